The van der Waals surface area contributed by atoms with Crippen LogP contribution in [-0.2, 0) is 11.0 Å². The maximum atomic E-state index is 12.4. The van der Waals surface area contributed by atoms with Gasteiger partial charge in [0.15, 0.2) is 0 Å². The zero-order chi connectivity index (χ0) is 16.8. The Hall–Kier alpha value is -1.28. The molecule has 1 amide bonds. The SMILES string of the molecule is CC(C)C(O)CCNC(=O)CSc1ccc(C(F)(F)F)cn1. The van der Waals surface area contributed by atoms with Crippen LogP contribution in [-0.4, -0.2) is 34.4 Å². The molecule has 0 aliphatic heterocycles. The van der Waals surface area contributed by atoms with E-state index in [9.17, 15) is 23.1 Å². The highest BCUT2D eigenvalue weighted by Crippen LogP contribution is 2.29. The Morgan fingerprint density at radius 3 is 2.59 bits per heavy atom. The number of carbonyl (C=O) groups is 1. The van der Waals surface area contributed by atoms with Crippen LogP contribution in [0.15, 0.2) is 23.4 Å². The number of carbonyl (C=O) groups excluding carboxylic acids is 1. The first-order valence-electron chi connectivity index (χ1n) is 6.81. The van der Waals surface area contributed by atoms with Gasteiger partial charge in [0.25, 0.3) is 0 Å². The monoisotopic (exact) mass is 336 g/mol. The lowest BCUT2D eigenvalue weighted by Gasteiger charge is -2.14. The molecule has 0 fully saturated rings. The number of rotatable bonds is 7. The van der Waals surface area contributed by atoms with E-state index in [1.807, 2.05) is 13.8 Å². The number of aliphatic hydroxyl groups excluding tert-OH is 1. The van der Waals surface area contributed by atoms with E-state index in [-0.39, 0.29) is 17.6 Å². The average molecular weight is 336 g/mol. The summed E-state index contributed by atoms with van der Waals surface area (Å²) in [5.74, 6) is -0.0545. The number of alkyl halides is 3. The standard InChI is InChI=1S/C14H19F3N2O2S/c1-9(2)11(20)5-6-18-12(21)8-22-13-4-3-10(7-19-13)14(15,16)17/h3-4,7,9,11,20H,5-6,8H2,1-2H3,(H,18,21). The number of thioether (sulfide) groups is 1. The third-order valence-corrected chi connectivity index (χ3v) is 3.89. The number of halogens is 3. The molecule has 1 rings (SSSR count). The molecule has 1 aromatic heterocycles. The molecular formula is C14H19F3N2O2S. The highest BCUT2D eigenvalue weighted by molar-refractivity contribution is 7.99. The van der Waals surface area contributed by atoms with Crippen LogP contribution in [0.3, 0.4) is 0 Å². The van der Waals surface area contributed by atoms with Crippen LogP contribution in [0.25, 0.3) is 0 Å². The fourth-order valence-corrected chi connectivity index (χ4v) is 2.19. The van der Waals surface area contributed by atoms with Gasteiger partial charge in [-0.15, -0.1) is 0 Å². The molecule has 0 bridgehead atoms. The zero-order valence-electron chi connectivity index (χ0n) is 12.4. The highest BCUT2D eigenvalue weighted by atomic mass is 32.2. The van der Waals surface area contributed by atoms with Crippen LogP contribution in [0, 0.1) is 5.92 Å². The topological polar surface area (TPSA) is 62.2 Å². The van der Waals surface area contributed by atoms with E-state index in [2.05, 4.69) is 10.3 Å². The van der Waals surface area contributed by atoms with Gasteiger partial charge in [0.1, 0.15) is 0 Å². The third kappa shape index (κ3) is 6.65. The predicted octanol–water partition coefficient (Wildman–Crippen LogP) is 2.72. The summed E-state index contributed by atoms with van der Waals surface area (Å²) in [4.78, 5) is 15.2. The molecule has 1 atom stereocenters. The van der Waals surface area contributed by atoms with Crippen molar-refractivity contribution in [1.29, 1.82) is 0 Å². The van der Waals surface area contributed by atoms with Crippen LogP contribution >= 0.6 is 11.8 Å². The molecule has 1 unspecified atom stereocenters. The molecule has 0 aliphatic rings. The molecule has 0 aliphatic carbocycles. The van der Waals surface area contributed by atoms with Gasteiger partial charge >= 0.3 is 6.18 Å². The van der Waals surface area contributed by atoms with Crippen molar-refractivity contribution in [3.63, 3.8) is 0 Å². The van der Waals surface area contributed by atoms with E-state index >= 15 is 0 Å². The molecule has 8 heteroatoms. The van der Waals surface area contributed by atoms with Gasteiger partial charge in [-0.3, -0.25) is 4.79 Å². The Balaban J connectivity index is 2.32. The first-order valence-corrected chi connectivity index (χ1v) is 7.79. The van der Waals surface area contributed by atoms with Gasteiger partial charge in [-0.2, -0.15) is 13.2 Å². The van der Waals surface area contributed by atoms with Crippen molar-refractivity contribution in [2.45, 2.75) is 37.6 Å². The van der Waals surface area contributed by atoms with Gasteiger partial charge in [0.2, 0.25) is 5.91 Å². The smallest absolute Gasteiger partial charge is 0.393 e. The molecule has 22 heavy (non-hydrogen) atoms. The summed E-state index contributed by atoms with van der Waals surface area (Å²) in [5, 5.41) is 12.6. The van der Waals surface area contributed by atoms with E-state index < -0.39 is 17.8 Å². The lowest BCUT2D eigenvalue weighted by atomic mass is 10.0. The van der Waals surface area contributed by atoms with Crippen LogP contribution in [0.4, 0.5) is 13.2 Å². The van der Waals surface area contributed by atoms with Crippen LogP contribution < -0.4 is 5.32 Å². The zero-order valence-corrected chi connectivity index (χ0v) is 13.2. The summed E-state index contributed by atoms with van der Waals surface area (Å²) < 4.78 is 37.1. The minimum atomic E-state index is -4.41. The number of aliphatic hydroxyl groups is 1. The maximum Gasteiger partial charge on any atom is 0.417 e. The molecule has 4 nitrogen and oxygen atoms in total. The summed E-state index contributed by atoms with van der Waals surface area (Å²) in [7, 11) is 0. The Morgan fingerprint density at radius 2 is 2.09 bits per heavy atom. The van der Waals surface area contributed by atoms with Crippen molar-refractivity contribution in [3.8, 4) is 0 Å². The van der Waals surface area contributed by atoms with Crippen molar-refractivity contribution in [3.05, 3.63) is 23.9 Å². The number of aromatic nitrogens is 1. The van der Waals surface area contributed by atoms with Crippen LogP contribution in [0.1, 0.15) is 25.8 Å². The number of pyridine rings is 1. The molecule has 2 N–H and O–H groups in total. The molecule has 124 valence electrons. The summed E-state index contributed by atoms with van der Waals surface area (Å²) in [6.07, 6.45) is -3.67. The van der Waals surface area contributed by atoms with Gasteiger partial charge < -0.3 is 10.4 Å². The fraction of sp³-hybridized carbons (Fsp3) is 0.571. The van der Waals surface area contributed by atoms with E-state index in [4.69, 9.17) is 0 Å². The molecule has 1 aromatic rings. The van der Waals surface area contributed by atoms with E-state index in [1.54, 1.807) is 0 Å². The second-order valence-electron chi connectivity index (χ2n) is 5.12. The number of hydrogen-bond donors (Lipinski definition) is 2. The lowest BCUT2D eigenvalue weighted by Crippen LogP contribution is -2.29. The molecule has 0 radical (unpaired) electrons. The van der Waals surface area contributed by atoms with E-state index in [0.717, 1.165) is 24.0 Å². The van der Waals surface area contributed by atoms with Crippen LogP contribution in [0.5, 0.6) is 0 Å². The minimum absolute atomic E-state index is 0.0656. The quantitative estimate of drug-likeness (QED) is 0.752. The highest BCUT2D eigenvalue weighted by Gasteiger charge is 2.30. The van der Waals surface area contributed by atoms with Crippen molar-refractivity contribution < 1.29 is 23.1 Å². The Labute approximate surface area is 131 Å². The summed E-state index contributed by atoms with van der Waals surface area (Å²) >= 11 is 1.06. The number of amides is 1. The molecule has 0 aromatic carbocycles. The second-order valence-corrected chi connectivity index (χ2v) is 6.12. The number of nitrogens with one attached hydrogen (secondary N) is 1. The summed E-state index contributed by atoms with van der Waals surface area (Å²) in [6, 6.07) is 2.18. The third-order valence-electron chi connectivity index (χ3n) is 2.95. The molecule has 0 saturated heterocycles. The number of nitrogens with zero attached hydrogens (tertiary/aromatic N) is 1. The molecular weight excluding hydrogens is 317 g/mol. The molecule has 0 spiro atoms. The summed E-state index contributed by atoms with van der Waals surface area (Å²) in [6.45, 7) is 4.14. The maximum absolute atomic E-state index is 12.4. The first kappa shape index (κ1) is 18.8. The largest absolute Gasteiger partial charge is 0.417 e. The molecule has 0 saturated carbocycles. The van der Waals surface area contributed by atoms with Crippen molar-refractivity contribution in [2.75, 3.05) is 12.3 Å². The van der Waals surface area contributed by atoms with Crippen molar-refractivity contribution >= 4 is 17.7 Å². The van der Waals surface area contributed by atoms with E-state index in [0.29, 0.717) is 18.0 Å². The van der Waals surface area contributed by atoms with Crippen LogP contribution in [0.2, 0.25) is 0 Å². The lowest BCUT2D eigenvalue weighted by molar-refractivity contribution is -0.137. The minimum Gasteiger partial charge on any atom is -0.393 e. The first-order chi connectivity index (χ1) is 10.2. The van der Waals surface area contributed by atoms with Gasteiger partial charge in [0, 0.05) is 12.7 Å². The average Bonchev–Trinajstić information content (AvgIpc) is 2.44. The van der Waals surface area contributed by atoms with E-state index in [1.165, 1.54) is 6.07 Å². The van der Waals surface area contributed by atoms with Gasteiger partial charge in [-0.1, -0.05) is 25.6 Å². The Morgan fingerprint density at radius 1 is 1.41 bits per heavy atom. The van der Waals surface area contributed by atoms with Gasteiger partial charge in [0.05, 0.1) is 22.4 Å². The predicted molar refractivity (Wildman–Crippen MR) is 78.4 cm³/mol. The van der Waals surface area contributed by atoms with Gasteiger partial charge in [-0.25, -0.2) is 4.98 Å². The van der Waals surface area contributed by atoms with Crippen molar-refractivity contribution in [1.82, 2.24) is 10.3 Å². The Kier molecular flexibility index (Phi) is 7.15. The van der Waals surface area contributed by atoms with Crippen molar-refractivity contribution in [2.24, 2.45) is 5.92 Å². The number of hydrogen-bond acceptors (Lipinski definition) is 4. The fourth-order valence-electron chi connectivity index (χ4n) is 1.52. The molecule has 1 heterocycles. The normalized spacial score (nSPS) is 13.2. The second kappa shape index (κ2) is 8.38. The summed E-state index contributed by atoms with van der Waals surface area (Å²) in [5.41, 5.74) is -0.816. The van der Waals surface area contributed by atoms with Gasteiger partial charge in [-0.05, 0) is 24.5 Å². The Bertz CT molecular complexity index is 478.